The van der Waals surface area contributed by atoms with Gasteiger partial charge in [-0.1, -0.05) is 41.9 Å². The molecule has 0 fully saturated rings. The van der Waals surface area contributed by atoms with Gasteiger partial charge in [0.05, 0.1) is 12.7 Å². The zero-order valence-electron chi connectivity index (χ0n) is 14.0. The molecule has 0 radical (unpaired) electrons. The van der Waals surface area contributed by atoms with Crippen LogP contribution in [0.3, 0.4) is 0 Å². The van der Waals surface area contributed by atoms with E-state index in [-0.39, 0.29) is 11.6 Å². The summed E-state index contributed by atoms with van der Waals surface area (Å²) in [7, 11) is -2.57. The van der Waals surface area contributed by atoms with E-state index >= 15 is 0 Å². The Bertz CT molecular complexity index is 1010. The summed E-state index contributed by atoms with van der Waals surface area (Å²) in [6.07, 6.45) is 3.38. The predicted molar refractivity (Wildman–Crippen MR) is 97.8 cm³/mol. The summed E-state index contributed by atoms with van der Waals surface area (Å²) in [6, 6.07) is 13.3. The molecule has 0 saturated carbocycles. The minimum absolute atomic E-state index is 0.0825. The van der Waals surface area contributed by atoms with Crippen molar-refractivity contribution >= 4 is 21.6 Å². The fraction of sp³-hybridized carbons (Fsp3) is 0.167. The van der Waals surface area contributed by atoms with E-state index in [4.69, 9.17) is 11.6 Å². The van der Waals surface area contributed by atoms with E-state index in [1.165, 1.54) is 19.2 Å². The lowest BCUT2D eigenvalue weighted by Gasteiger charge is -2.16. The highest BCUT2D eigenvalue weighted by Crippen LogP contribution is 2.22. The van der Waals surface area contributed by atoms with Crippen LogP contribution in [-0.4, -0.2) is 29.6 Å². The average Bonchev–Trinajstić information content (AvgIpc) is 3.02. The van der Waals surface area contributed by atoms with E-state index in [0.717, 1.165) is 15.9 Å². The molecule has 0 aliphatic carbocycles. The van der Waals surface area contributed by atoms with Crippen molar-refractivity contribution in [1.82, 2.24) is 14.1 Å². The third kappa shape index (κ3) is 4.12. The number of hydrogen-bond acceptors (Lipinski definition) is 3. The van der Waals surface area contributed by atoms with Gasteiger partial charge in [0.2, 0.25) is 10.0 Å². The molecule has 3 aromatic rings. The molecule has 0 atom stereocenters. The Kier molecular flexibility index (Phi) is 5.41. The van der Waals surface area contributed by atoms with E-state index in [1.807, 2.05) is 30.3 Å². The molecule has 0 unspecified atom stereocenters. The predicted octanol–water partition coefficient (Wildman–Crippen LogP) is 3.54. The number of halogens is 2. The smallest absolute Gasteiger partial charge is 0.246 e. The van der Waals surface area contributed by atoms with Gasteiger partial charge in [-0.3, -0.25) is 4.68 Å². The Hall–Kier alpha value is -2.22. The molecular formula is C18H17ClFN3O2S. The molecular weight excluding hydrogens is 377 g/mol. The van der Waals surface area contributed by atoms with E-state index in [9.17, 15) is 12.8 Å². The lowest BCUT2D eigenvalue weighted by atomic mass is 10.2. The van der Waals surface area contributed by atoms with Crippen molar-refractivity contribution in [3.8, 4) is 0 Å². The summed E-state index contributed by atoms with van der Waals surface area (Å²) in [6.45, 7) is 0.669. The minimum atomic E-state index is -3.97. The van der Waals surface area contributed by atoms with Gasteiger partial charge in [-0.25, -0.2) is 12.8 Å². The first-order chi connectivity index (χ1) is 12.4. The first kappa shape index (κ1) is 18.6. The van der Waals surface area contributed by atoms with Crippen LogP contribution in [0, 0.1) is 5.82 Å². The maximum absolute atomic E-state index is 14.0. The molecule has 0 aliphatic rings. The van der Waals surface area contributed by atoms with Crippen molar-refractivity contribution in [2.24, 2.45) is 0 Å². The largest absolute Gasteiger partial charge is 0.268 e. The summed E-state index contributed by atoms with van der Waals surface area (Å²) in [5.74, 6) is -0.871. The van der Waals surface area contributed by atoms with Crippen molar-refractivity contribution < 1.29 is 12.8 Å². The highest BCUT2D eigenvalue weighted by molar-refractivity contribution is 7.89. The maximum atomic E-state index is 14.0. The molecule has 2 aromatic carbocycles. The zero-order chi connectivity index (χ0) is 18.7. The van der Waals surface area contributed by atoms with Crippen LogP contribution in [0.2, 0.25) is 5.02 Å². The number of sulfonamides is 1. The fourth-order valence-electron chi connectivity index (χ4n) is 2.54. The van der Waals surface area contributed by atoms with Crippen LogP contribution in [-0.2, 0) is 23.1 Å². The molecule has 0 bridgehead atoms. The third-order valence-corrected chi connectivity index (χ3v) is 5.93. The second-order valence-corrected chi connectivity index (χ2v) is 8.32. The average molecular weight is 394 g/mol. The molecule has 8 heteroatoms. The second kappa shape index (κ2) is 7.57. The summed E-state index contributed by atoms with van der Waals surface area (Å²) in [4.78, 5) is -0.402. The highest BCUT2D eigenvalue weighted by Gasteiger charge is 2.25. The van der Waals surface area contributed by atoms with Crippen LogP contribution >= 0.6 is 11.6 Å². The summed E-state index contributed by atoms with van der Waals surface area (Å²) >= 11 is 5.69. The van der Waals surface area contributed by atoms with Crippen LogP contribution in [0.25, 0.3) is 0 Å². The van der Waals surface area contributed by atoms with E-state index in [1.54, 1.807) is 17.1 Å². The Morgan fingerprint density at radius 2 is 1.88 bits per heavy atom. The molecule has 1 aromatic heterocycles. The Morgan fingerprint density at radius 3 is 2.58 bits per heavy atom. The normalized spacial score (nSPS) is 11.8. The minimum Gasteiger partial charge on any atom is -0.268 e. The Morgan fingerprint density at radius 1 is 1.15 bits per heavy atom. The first-order valence-electron chi connectivity index (χ1n) is 7.83. The number of rotatable bonds is 6. The second-order valence-electron chi connectivity index (χ2n) is 5.87. The van der Waals surface area contributed by atoms with E-state index in [0.29, 0.717) is 12.1 Å². The number of nitrogens with zero attached hydrogens (tertiary/aromatic N) is 3. The van der Waals surface area contributed by atoms with Gasteiger partial charge in [-0.05, 0) is 23.8 Å². The lowest BCUT2D eigenvalue weighted by molar-refractivity contribution is 0.459. The first-order valence-corrected chi connectivity index (χ1v) is 9.65. The van der Waals surface area contributed by atoms with Crippen molar-refractivity contribution in [3.05, 3.63) is 82.9 Å². The molecule has 0 amide bonds. The van der Waals surface area contributed by atoms with Crippen LogP contribution in [0.1, 0.15) is 11.1 Å². The van der Waals surface area contributed by atoms with Crippen molar-refractivity contribution in [1.29, 1.82) is 0 Å². The monoisotopic (exact) mass is 393 g/mol. The Balaban J connectivity index is 1.74. The lowest BCUT2D eigenvalue weighted by Crippen LogP contribution is -2.27. The van der Waals surface area contributed by atoms with Gasteiger partial charge in [-0.2, -0.15) is 9.40 Å². The summed E-state index contributed by atoms with van der Waals surface area (Å²) in [5.41, 5.74) is 1.80. The SMILES string of the molecule is CN(Cc1cnn(Cc2ccccc2)c1)S(=O)(=O)c1ccc(Cl)cc1F. The number of benzene rings is 2. The number of aromatic nitrogens is 2. The van der Waals surface area contributed by atoms with Crippen LogP contribution in [0.15, 0.2) is 65.8 Å². The highest BCUT2D eigenvalue weighted by atomic mass is 35.5. The Labute approximate surface area is 156 Å². The van der Waals surface area contributed by atoms with Crippen molar-refractivity contribution in [2.45, 2.75) is 18.0 Å². The molecule has 0 aliphatic heterocycles. The van der Waals surface area contributed by atoms with Gasteiger partial charge in [0, 0.05) is 30.4 Å². The zero-order valence-corrected chi connectivity index (χ0v) is 15.6. The van der Waals surface area contributed by atoms with Gasteiger partial charge < -0.3 is 0 Å². The molecule has 0 N–H and O–H groups in total. The fourth-order valence-corrected chi connectivity index (χ4v) is 3.90. The van der Waals surface area contributed by atoms with Gasteiger partial charge in [0.15, 0.2) is 0 Å². The quantitative estimate of drug-likeness (QED) is 0.643. The summed E-state index contributed by atoms with van der Waals surface area (Å²) in [5, 5.41) is 4.40. The van der Waals surface area contributed by atoms with Gasteiger partial charge >= 0.3 is 0 Å². The van der Waals surface area contributed by atoms with Crippen LogP contribution < -0.4 is 0 Å². The molecule has 0 spiro atoms. The van der Waals surface area contributed by atoms with Crippen LogP contribution in [0.5, 0.6) is 0 Å². The van der Waals surface area contributed by atoms with Crippen LogP contribution in [0.4, 0.5) is 4.39 Å². The van der Waals surface area contributed by atoms with Crippen molar-refractivity contribution in [2.75, 3.05) is 7.05 Å². The van der Waals surface area contributed by atoms with Gasteiger partial charge in [0.1, 0.15) is 10.7 Å². The topological polar surface area (TPSA) is 55.2 Å². The number of hydrogen-bond donors (Lipinski definition) is 0. The summed E-state index contributed by atoms with van der Waals surface area (Å²) < 4.78 is 42.0. The molecule has 136 valence electrons. The van der Waals surface area contributed by atoms with Gasteiger partial charge in [0.25, 0.3) is 0 Å². The molecule has 5 nitrogen and oxygen atoms in total. The standard InChI is InChI=1S/C18H17ClFN3O2S/c1-22(26(24,25)18-8-7-16(19)9-17(18)20)11-15-10-21-23(13-15)12-14-5-3-2-4-6-14/h2-10,13H,11-12H2,1H3. The molecule has 1 heterocycles. The van der Waals surface area contributed by atoms with E-state index in [2.05, 4.69) is 5.10 Å². The van der Waals surface area contributed by atoms with Crippen molar-refractivity contribution in [3.63, 3.8) is 0 Å². The maximum Gasteiger partial charge on any atom is 0.246 e. The van der Waals surface area contributed by atoms with E-state index < -0.39 is 20.7 Å². The molecule has 3 rings (SSSR count). The molecule has 26 heavy (non-hydrogen) atoms. The van der Waals surface area contributed by atoms with Gasteiger partial charge in [-0.15, -0.1) is 0 Å². The molecule has 0 saturated heterocycles. The third-order valence-electron chi connectivity index (χ3n) is 3.86.